The van der Waals surface area contributed by atoms with Crippen LogP contribution in [0, 0.1) is 0 Å². The van der Waals surface area contributed by atoms with Gasteiger partial charge in [0.1, 0.15) is 6.10 Å². The van der Waals surface area contributed by atoms with E-state index in [1.807, 2.05) is 18.2 Å². The lowest BCUT2D eigenvalue weighted by atomic mass is 9.94. The third-order valence-electron chi connectivity index (χ3n) is 5.59. The second kappa shape index (κ2) is 6.19. The van der Waals surface area contributed by atoms with Crippen molar-refractivity contribution < 1.29 is 9.47 Å². The first-order valence-electron chi connectivity index (χ1n) is 9.57. The van der Waals surface area contributed by atoms with Gasteiger partial charge in [-0.2, -0.15) is 0 Å². The highest BCUT2D eigenvalue weighted by Crippen LogP contribution is 2.44. The van der Waals surface area contributed by atoms with Crippen molar-refractivity contribution in [2.75, 3.05) is 6.61 Å². The van der Waals surface area contributed by atoms with Crippen molar-refractivity contribution in [1.29, 1.82) is 0 Å². The SMILES string of the molecule is c1ccc(-c2nc(C3CC3)cc(C3COC4(CCCCC4)O3)n2)cc1. The van der Waals surface area contributed by atoms with Crippen LogP contribution in [0.5, 0.6) is 0 Å². The zero-order chi connectivity index (χ0) is 16.7. The summed E-state index contributed by atoms with van der Waals surface area (Å²) >= 11 is 0. The summed E-state index contributed by atoms with van der Waals surface area (Å²) in [6.07, 6.45) is 8.09. The summed E-state index contributed by atoms with van der Waals surface area (Å²) in [5.41, 5.74) is 3.22. The zero-order valence-electron chi connectivity index (χ0n) is 14.5. The summed E-state index contributed by atoms with van der Waals surface area (Å²) in [5.74, 6) is 1.05. The Kier molecular flexibility index (Phi) is 3.83. The highest BCUT2D eigenvalue weighted by Gasteiger charge is 2.43. The average molecular weight is 336 g/mol. The van der Waals surface area contributed by atoms with Crippen molar-refractivity contribution in [3.63, 3.8) is 0 Å². The molecule has 3 aliphatic rings. The lowest BCUT2D eigenvalue weighted by Gasteiger charge is -2.31. The molecule has 1 aromatic carbocycles. The van der Waals surface area contributed by atoms with Crippen molar-refractivity contribution in [3.05, 3.63) is 47.8 Å². The van der Waals surface area contributed by atoms with Crippen LogP contribution in [0.3, 0.4) is 0 Å². The van der Waals surface area contributed by atoms with E-state index in [0.29, 0.717) is 12.5 Å². The molecular weight excluding hydrogens is 312 g/mol. The van der Waals surface area contributed by atoms with Gasteiger partial charge in [-0.3, -0.25) is 0 Å². The molecule has 0 amide bonds. The van der Waals surface area contributed by atoms with E-state index in [4.69, 9.17) is 19.4 Å². The molecule has 3 fully saturated rings. The molecule has 1 atom stereocenters. The third-order valence-corrected chi connectivity index (χ3v) is 5.59. The maximum Gasteiger partial charge on any atom is 0.169 e. The number of benzene rings is 1. The molecule has 25 heavy (non-hydrogen) atoms. The molecule has 2 heterocycles. The quantitative estimate of drug-likeness (QED) is 0.810. The molecule has 0 bridgehead atoms. The van der Waals surface area contributed by atoms with Crippen LogP contribution in [0.1, 0.15) is 68.4 Å². The van der Waals surface area contributed by atoms with E-state index < -0.39 is 0 Å². The Bertz CT molecular complexity index is 752. The Labute approximate surface area is 148 Å². The maximum atomic E-state index is 6.41. The van der Waals surface area contributed by atoms with E-state index in [9.17, 15) is 0 Å². The first-order valence-corrected chi connectivity index (χ1v) is 9.57. The molecule has 1 spiro atoms. The van der Waals surface area contributed by atoms with Crippen LogP contribution in [0.4, 0.5) is 0 Å². The second-order valence-corrected chi connectivity index (χ2v) is 7.57. The van der Waals surface area contributed by atoms with E-state index in [0.717, 1.165) is 35.6 Å². The van der Waals surface area contributed by atoms with Crippen molar-refractivity contribution >= 4 is 0 Å². The fourth-order valence-corrected chi connectivity index (χ4v) is 4.01. The summed E-state index contributed by atoms with van der Waals surface area (Å²) in [6.45, 7) is 0.606. The number of hydrogen-bond donors (Lipinski definition) is 0. The van der Waals surface area contributed by atoms with Crippen LogP contribution in [-0.2, 0) is 9.47 Å². The van der Waals surface area contributed by atoms with Gasteiger partial charge in [0, 0.05) is 30.0 Å². The molecule has 1 saturated heterocycles. The highest BCUT2D eigenvalue weighted by molar-refractivity contribution is 5.55. The molecule has 2 aliphatic carbocycles. The van der Waals surface area contributed by atoms with Crippen molar-refractivity contribution in [2.24, 2.45) is 0 Å². The van der Waals surface area contributed by atoms with Crippen LogP contribution in [0.15, 0.2) is 36.4 Å². The number of ether oxygens (including phenoxy) is 2. The summed E-state index contributed by atoms with van der Waals surface area (Å²) in [6, 6.07) is 12.4. The van der Waals surface area contributed by atoms with Gasteiger partial charge >= 0.3 is 0 Å². The minimum absolute atomic E-state index is 0.0685. The number of hydrogen-bond acceptors (Lipinski definition) is 4. The topological polar surface area (TPSA) is 44.2 Å². The number of nitrogens with zero attached hydrogens (tertiary/aromatic N) is 2. The molecule has 4 nitrogen and oxygen atoms in total. The van der Waals surface area contributed by atoms with E-state index in [2.05, 4.69) is 18.2 Å². The van der Waals surface area contributed by atoms with E-state index in [-0.39, 0.29) is 11.9 Å². The maximum absolute atomic E-state index is 6.41. The monoisotopic (exact) mass is 336 g/mol. The van der Waals surface area contributed by atoms with Crippen LogP contribution < -0.4 is 0 Å². The standard InChI is InChI=1S/C21H24N2O2/c1-3-7-16(8-4-1)20-22-17(15-9-10-15)13-18(23-20)19-14-24-21(25-19)11-5-2-6-12-21/h1,3-4,7-8,13,15,19H,2,5-6,9-12,14H2. The molecule has 2 saturated carbocycles. The summed E-state index contributed by atoms with van der Waals surface area (Å²) in [5, 5.41) is 0. The smallest absolute Gasteiger partial charge is 0.169 e. The Morgan fingerprint density at radius 2 is 1.68 bits per heavy atom. The largest absolute Gasteiger partial charge is 0.347 e. The fraction of sp³-hybridized carbons (Fsp3) is 0.524. The highest BCUT2D eigenvalue weighted by atomic mass is 16.7. The molecule has 1 unspecified atom stereocenters. The molecule has 1 aromatic heterocycles. The van der Waals surface area contributed by atoms with Crippen molar-refractivity contribution in [1.82, 2.24) is 9.97 Å². The van der Waals surface area contributed by atoms with Gasteiger partial charge in [0.05, 0.1) is 12.3 Å². The van der Waals surface area contributed by atoms with E-state index >= 15 is 0 Å². The Morgan fingerprint density at radius 3 is 2.44 bits per heavy atom. The summed E-state index contributed by atoms with van der Waals surface area (Å²) in [7, 11) is 0. The summed E-state index contributed by atoms with van der Waals surface area (Å²) < 4.78 is 12.5. The third kappa shape index (κ3) is 3.09. The van der Waals surface area contributed by atoms with Gasteiger partial charge in [-0.1, -0.05) is 36.8 Å². The normalized spacial score (nSPS) is 25.4. The Balaban J connectivity index is 1.47. The Hall–Kier alpha value is -1.78. The first kappa shape index (κ1) is 15.5. The predicted octanol–water partition coefficient (Wildman–Crippen LogP) is 4.77. The number of rotatable bonds is 3. The van der Waals surface area contributed by atoms with Crippen LogP contribution in [-0.4, -0.2) is 22.4 Å². The molecule has 4 heteroatoms. The van der Waals surface area contributed by atoms with E-state index in [1.165, 1.54) is 32.1 Å². The molecule has 1 aliphatic heterocycles. The molecule has 5 rings (SSSR count). The molecule has 2 aromatic rings. The van der Waals surface area contributed by atoms with Gasteiger partial charge in [0.2, 0.25) is 0 Å². The van der Waals surface area contributed by atoms with Crippen molar-refractivity contribution in [3.8, 4) is 11.4 Å². The van der Waals surface area contributed by atoms with Gasteiger partial charge in [-0.25, -0.2) is 9.97 Å². The lowest BCUT2D eigenvalue weighted by molar-refractivity contribution is -0.188. The lowest BCUT2D eigenvalue weighted by Crippen LogP contribution is -2.32. The van der Waals surface area contributed by atoms with Crippen LogP contribution in [0.2, 0.25) is 0 Å². The minimum atomic E-state index is -0.361. The Morgan fingerprint density at radius 1 is 0.920 bits per heavy atom. The van der Waals surface area contributed by atoms with Gasteiger partial charge in [-0.05, 0) is 31.7 Å². The van der Waals surface area contributed by atoms with Crippen LogP contribution in [0.25, 0.3) is 11.4 Å². The molecule has 0 N–H and O–H groups in total. The summed E-state index contributed by atoms with van der Waals surface area (Å²) in [4.78, 5) is 9.69. The fourth-order valence-electron chi connectivity index (χ4n) is 4.01. The minimum Gasteiger partial charge on any atom is -0.347 e. The second-order valence-electron chi connectivity index (χ2n) is 7.57. The van der Waals surface area contributed by atoms with Crippen molar-refractivity contribution in [2.45, 2.75) is 62.8 Å². The van der Waals surface area contributed by atoms with Gasteiger partial charge in [0.15, 0.2) is 11.6 Å². The average Bonchev–Trinajstić information content (AvgIpc) is 3.45. The number of aromatic nitrogens is 2. The van der Waals surface area contributed by atoms with Gasteiger partial charge in [0.25, 0.3) is 0 Å². The van der Waals surface area contributed by atoms with Crippen LogP contribution >= 0.6 is 0 Å². The predicted molar refractivity (Wildman–Crippen MR) is 95.0 cm³/mol. The van der Waals surface area contributed by atoms with Gasteiger partial charge in [-0.15, -0.1) is 0 Å². The zero-order valence-corrected chi connectivity index (χ0v) is 14.5. The first-order chi connectivity index (χ1) is 12.3. The molecular formula is C21H24N2O2. The van der Waals surface area contributed by atoms with E-state index in [1.54, 1.807) is 0 Å². The molecule has 0 radical (unpaired) electrons. The molecule has 130 valence electrons. The van der Waals surface area contributed by atoms with Gasteiger partial charge < -0.3 is 9.47 Å².